The summed E-state index contributed by atoms with van der Waals surface area (Å²) in [5.74, 6) is 0. The summed E-state index contributed by atoms with van der Waals surface area (Å²) in [5, 5.41) is 9.79. The van der Waals surface area contributed by atoms with Gasteiger partial charge in [0.2, 0.25) is 0 Å². The van der Waals surface area contributed by atoms with Crippen molar-refractivity contribution in [1.29, 1.82) is 5.26 Å². The van der Waals surface area contributed by atoms with E-state index in [1.807, 2.05) is 6.07 Å². The molecular formula is C9H4I2N2. The lowest BCUT2D eigenvalue weighted by Gasteiger charge is -1.95. The Morgan fingerprint density at radius 2 is 1.85 bits per heavy atom. The molecule has 1 heterocycles. The molecule has 13 heavy (non-hydrogen) atoms. The molecule has 2 nitrogen and oxygen atoms in total. The second-order valence-corrected chi connectivity index (χ2v) is 4.97. The summed E-state index contributed by atoms with van der Waals surface area (Å²) in [5.41, 5.74) is 1.65. The number of rotatable bonds is 0. The van der Waals surface area contributed by atoms with E-state index in [1.165, 1.54) is 7.14 Å². The van der Waals surface area contributed by atoms with Crippen LogP contribution in [0.5, 0.6) is 0 Å². The van der Waals surface area contributed by atoms with E-state index in [-0.39, 0.29) is 0 Å². The van der Waals surface area contributed by atoms with E-state index in [4.69, 9.17) is 5.26 Å². The lowest BCUT2D eigenvalue weighted by Crippen LogP contribution is -1.78. The van der Waals surface area contributed by atoms with E-state index >= 15 is 0 Å². The fraction of sp³-hybridized carbons (Fsp3) is 0. The Bertz CT molecular complexity index is 469. The van der Waals surface area contributed by atoms with Crippen LogP contribution in [0.15, 0.2) is 18.2 Å². The van der Waals surface area contributed by atoms with Gasteiger partial charge in [-0.2, -0.15) is 5.26 Å². The fourth-order valence-corrected chi connectivity index (χ4v) is 2.15. The highest BCUT2D eigenvalue weighted by Crippen LogP contribution is 2.23. The van der Waals surface area contributed by atoms with Gasteiger partial charge in [0.25, 0.3) is 0 Å². The Morgan fingerprint density at radius 3 is 2.54 bits per heavy atom. The first-order valence-electron chi connectivity index (χ1n) is 3.58. The summed E-state index contributed by atoms with van der Waals surface area (Å²) in [7, 11) is 0. The van der Waals surface area contributed by atoms with Crippen molar-refractivity contribution < 1.29 is 0 Å². The number of aromatic amines is 1. The Labute approximate surface area is 103 Å². The number of hydrogen-bond acceptors (Lipinski definition) is 1. The molecule has 64 valence electrons. The van der Waals surface area contributed by atoms with Crippen LogP contribution in [0.25, 0.3) is 10.9 Å². The van der Waals surface area contributed by atoms with Crippen molar-refractivity contribution in [1.82, 2.24) is 4.98 Å². The minimum absolute atomic E-state index is 0.618. The predicted molar refractivity (Wildman–Crippen MR) is 68.4 cm³/mol. The SMILES string of the molecule is N#Cc1cc2cc(I)c(I)cc2[nH]1. The van der Waals surface area contributed by atoms with Gasteiger partial charge in [0.1, 0.15) is 11.8 Å². The van der Waals surface area contributed by atoms with Gasteiger partial charge in [-0.25, -0.2) is 0 Å². The van der Waals surface area contributed by atoms with Crippen LogP contribution in [0.1, 0.15) is 5.69 Å². The molecule has 0 bridgehead atoms. The van der Waals surface area contributed by atoms with Gasteiger partial charge >= 0.3 is 0 Å². The molecule has 1 N–H and O–H groups in total. The molecule has 0 fully saturated rings. The predicted octanol–water partition coefficient (Wildman–Crippen LogP) is 3.25. The van der Waals surface area contributed by atoms with Gasteiger partial charge in [-0.1, -0.05) is 0 Å². The van der Waals surface area contributed by atoms with Crippen LogP contribution in [-0.4, -0.2) is 4.98 Å². The van der Waals surface area contributed by atoms with Crippen LogP contribution in [-0.2, 0) is 0 Å². The molecule has 0 saturated carbocycles. The van der Waals surface area contributed by atoms with Crippen LogP contribution in [0.4, 0.5) is 0 Å². The topological polar surface area (TPSA) is 39.6 Å². The highest BCUT2D eigenvalue weighted by molar-refractivity contribution is 14.1. The first-order valence-corrected chi connectivity index (χ1v) is 5.74. The maximum atomic E-state index is 8.69. The van der Waals surface area contributed by atoms with Gasteiger partial charge in [-0.05, 0) is 63.4 Å². The molecule has 0 amide bonds. The Kier molecular flexibility index (Phi) is 2.47. The smallest absolute Gasteiger partial charge is 0.118 e. The van der Waals surface area contributed by atoms with Crippen LogP contribution in [0, 0.1) is 18.5 Å². The summed E-state index contributed by atoms with van der Waals surface area (Å²) in [6, 6.07) is 8.10. The standard InChI is InChI=1S/C9H4I2N2/c10-7-2-5-1-6(4-12)13-9(5)3-8(7)11/h1-3,13H. The monoisotopic (exact) mass is 394 g/mol. The number of H-pyrrole nitrogens is 1. The van der Waals surface area contributed by atoms with Gasteiger partial charge < -0.3 is 4.98 Å². The van der Waals surface area contributed by atoms with Crippen molar-refractivity contribution in [2.45, 2.75) is 0 Å². The minimum atomic E-state index is 0.618. The molecule has 0 radical (unpaired) electrons. The number of nitrogens with zero attached hydrogens (tertiary/aromatic N) is 1. The molecule has 0 spiro atoms. The average molecular weight is 394 g/mol. The van der Waals surface area contributed by atoms with Gasteiger partial charge in [0, 0.05) is 18.0 Å². The highest BCUT2D eigenvalue weighted by atomic mass is 127. The van der Waals surface area contributed by atoms with Crippen LogP contribution in [0.2, 0.25) is 0 Å². The van der Waals surface area contributed by atoms with Crippen molar-refractivity contribution in [2.24, 2.45) is 0 Å². The summed E-state index contributed by atoms with van der Waals surface area (Å²) < 4.78 is 2.42. The number of aromatic nitrogens is 1. The second-order valence-electron chi connectivity index (χ2n) is 2.65. The molecule has 0 saturated heterocycles. The molecule has 0 aliphatic rings. The van der Waals surface area contributed by atoms with E-state index in [0.717, 1.165) is 10.9 Å². The van der Waals surface area contributed by atoms with Gasteiger partial charge in [-0.3, -0.25) is 0 Å². The zero-order valence-electron chi connectivity index (χ0n) is 6.44. The lowest BCUT2D eigenvalue weighted by atomic mass is 10.2. The zero-order chi connectivity index (χ0) is 9.42. The van der Waals surface area contributed by atoms with Crippen LogP contribution < -0.4 is 0 Å². The molecule has 4 heteroatoms. The van der Waals surface area contributed by atoms with E-state index in [0.29, 0.717) is 5.69 Å². The maximum absolute atomic E-state index is 8.69. The molecule has 0 unspecified atom stereocenters. The number of nitriles is 1. The molecule has 2 rings (SSSR count). The summed E-state index contributed by atoms with van der Waals surface area (Å²) in [4.78, 5) is 3.04. The first-order chi connectivity index (χ1) is 6.20. The Morgan fingerprint density at radius 1 is 1.15 bits per heavy atom. The Balaban J connectivity index is 2.79. The maximum Gasteiger partial charge on any atom is 0.118 e. The van der Waals surface area contributed by atoms with E-state index in [9.17, 15) is 0 Å². The summed E-state index contributed by atoms with van der Waals surface area (Å²) in [6.45, 7) is 0. The first kappa shape index (κ1) is 9.27. The normalized spacial score (nSPS) is 10.2. The second kappa shape index (κ2) is 3.46. The quantitative estimate of drug-likeness (QED) is 0.686. The third-order valence-corrected chi connectivity index (χ3v) is 4.60. The Hall–Kier alpha value is -0.290. The number of nitrogens with one attached hydrogen (secondary N) is 1. The van der Waals surface area contributed by atoms with Gasteiger partial charge in [-0.15, -0.1) is 0 Å². The van der Waals surface area contributed by atoms with Crippen LogP contribution in [0.3, 0.4) is 0 Å². The zero-order valence-corrected chi connectivity index (χ0v) is 10.8. The average Bonchev–Trinajstić information content (AvgIpc) is 2.48. The third-order valence-electron chi connectivity index (χ3n) is 1.78. The lowest BCUT2D eigenvalue weighted by molar-refractivity contribution is 1.37. The summed E-state index contributed by atoms with van der Waals surface area (Å²) in [6.07, 6.45) is 0. The van der Waals surface area contributed by atoms with Crippen molar-refractivity contribution in [2.75, 3.05) is 0 Å². The van der Waals surface area contributed by atoms with Gasteiger partial charge in [0.05, 0.1) is 0 Å². The molecule has 2 aromatic rings. The van der Waals surface area contributed by atoms with Crippen molar-refractivity contribution in [3.8, 4) is 6.07 Å². The highest BCUT2D eigenvalue weighted by Gasteiger charge is 2.03. The number of hydrogen-bond donors (Lipinski definition) is 1. The summed E-state index contributed by atoms with van der Waals surface area (Å²) >= 11 is 4.57. The molecule has 0 aliphatic heterocycles. The van der Waals surface area contributed by atoms with E-state index in [1.54, 1.807) is 0 Å². The van der Waals surface area contributed by atoms with E-state index < -0.39 is 0 Å². The molecule has 0 atom stereocenters. The number of halogens is 2. The number of fused-ring (bicyclic) bond motifs is 1. The molecule has 0 aliphatic carbocycles. The largest absolute Gasteiger partial charge is 0.346 e. The fourth-order valence-electron chi connectivity index (χ4n) is 1.19. The molecular weight excluding hydrogens is 390 g/mol. The molecule has 1 aromatic carbocycles. The minimum Gasteiger partial charge on any atom is -0.346 e. The third kappa shape index (κ3) is 1.67. The van der Waals surface area contributed by atoms with Crippen molar-refractivity contribution in [3.63, 3.8) is 0 Å². The van der Waals surface area contributed by atoms with E-state index in [2.05, 4.69) is 68.4 Å². The van der Waals surface area contributed by atoms with Gasteiger partial charge in [0.15, 0.2) is 0 Å². The van der Waals surface area contributed by atoms with Crippen LogP contribution >= 0.6 is 45.2 Å². The molecule has 1 aromatic heterocycles. The number of benzene rings is 1. The van der Waals surface area contributed by atoms with Crippen molar-refractivity contribution in [3.05, 3.63) is 31.0 Å². The van der Waals surface area contributed by atoms with Crippen molar-refractivity contribution >= 4 is 56.1 Å².